The summed E-state index contributed by atoms with van der Waals surface area (Å²) in [6.07, 6.45) is 2.76. The van der Waals surface area contributed by atoms with E-state index >= 15 is 0 Å². The van der Waals surface area contributed by atoms with Gasteiger partial charge in [0.2, 0.25) is 0 Å². The number of nitriles is 1. The number of nitrogens with one attached hydrogen (secondary N) is 1. The molecule has 120 valence electrons. The second-order valence-corrected chi connectivity index (χ2v) is 5.17. The molecule has 0 saturated carbocycles. The molecule has 0 heterocycles. The van der Waals surface area contributed by atoms with Crippen LogP contribution in [0.25, 0.3) is 6.08 Å². The lowest BCUT2D eigenvalue weighted by Gasteiger charge is -2.05. The standard InChI is InChI=1S/C18H13ClN2O3/c19-15-5-1-3-13(9-15)7-8-18(23)24-12-17(22)21-16-6-2-4-14(10-16)11-20/h1-10H,12H2,(H,21,22)/b8-7+. The minimum atomic E-state index is -0.643. The van der Waals surface area contributed by atoms with E-state index in [0.29, 0.717) is 16.3 Å². The molecule has 2 rings (SSSR count). The maximum Gasteiger partial charge on any atom is 0.331 e. The van der Waals surface area contributed by atoms with E-state index in [1.54, 1.807) is 48.5 Å². The fraction of sp³-hybridized carbons (Fsp3) is 0.0556. The largest absolute Gasteiger partial charge is 0.452 e. The summed E-state index contributed by atoms with van der Waals surface area (Å²) in [7, 11) is 0. The molecular weight excluding hydrogens is 328 g/mol. The number of ether oxygens (including phenoxy) is 1. The van der Waals surface area contributed by atoms with Crippen molar-refractivity contribution in [2.24, 2.45) is 0 Å². The summed E-state index contributed by atoms with van der Waals surface area (Å²) in [6.45, 7) is -0.421. The van der Waals surface area contributed by atoms with Gasteiger partial charge in [-0.1, -0.05) is 29.8 Å². The Hall–Kier alpha value is -3.10. The number of amides is 1. The lowest BCUT2D eigenvalue weighted by molar-refractivity contribution is -0.142. The molecule has 0 aliphatic carbocycles. The van der Waals surface area contributed by atoms with Crippen molar-refractivity contribution in [2.45, 2.75) is 0 Å². The van der Waals surface area contributed by atoms with Gasteiger partial charge < -0.3 is 10.1 Å². The molecule has 0 unspecified atom stereocenters. The number of rotatable bonds is 5. The third kappa shape index (κ3) is 5.59. The minimum Gasteiger partial charge on any atom is -0.452 e. The van der Waals surface area contributed by atoms with Crippen LogP contribution in [0.1, 0.15) is 11.1 Å². The molecule has 0 aliphatic heterocycles. The van der Waals surface area contributed by atoms with Crippen LogP contribution in [0.5, 0.6) is 0 Å². The van der Waals surface area contributed by atoms with Gasteiger partial charge in [-0.15, -0.1) is 0 Å². The predicted octanol–water partition coefficient (Wildman–Crippen LogP) is 3.41. The van der Waals surface area contributed by atoms with Crippen molar-refractivity contribution in [1.82, 2.24) is 0 Å². The second kappa shape index (κ2) is 8.51. The number of carbonyl (C=O) groups excluding carboxylic acids is 2. The molecule has 0 spiro atoms. The Morgan fingerprint density at radius 3 is 2.75 bits per heavy atom. The normalized spacial score (nSPS) is 10.2. The van der Waals surface area contributed by atoms with E-state index in [2.05, 4.69) is 5.32 Å². The van der Waals surface area contributed by atoms with Crippen LogP contribution in [-0.4, -0.2) is 18.5 Å². The molecule has 2 aromatic carbocycles. The van der Waals surface area contributed by atoms with E-state index in [1.165, 1.54) is 12.1 Å². The Balaban J connectivity index is 1.82. The summed E-state index contributed by atoms with van der Waals surface area (Å²) >= 11 is 5.84. The highest BCUT2D eigenvalue weighted by Gasteiger charge is 2.06. The molecule has 1 amide bonds. The Labute approximate surface area is 144 Å². The van der Waals surface area contributed by atoms with Crippen LogP contribution in [0.2, 0.25) is 5.02 Å². The number of halogens is 1. The van der Waals surface area contributed by atoms with Gasteiger partial charge in [-0.2, -0.15) is 5.26 Å². The number of benzene rings is 2. The van der Waals surface area contributed by atoms with Crippen molar-refractivity contribution in [3.05, 3.63) is 70.8 Å². The van der Waals surface area contributed by atoms with Crippen molar-refractivity contribution >= 4 is 35.2 Å². The van der Waals surface area contributed by atoms with Gasteiger partial charge in [-0.25, -0.2) is 4.79 Å². The van der Waals surface area contributed by atoms with Gasteiger partial charge in [0.05, 0.1) is 11.6 Å². The molecule has 0 fully saturated rings. The average Bonchev–Trinajstić information content (AvgIpc) is 2.58. The number of nitrogens with zero attached hydrogens (tertiary/aromatic N) is 1. The number of esters is 1. The van der Waals surface area contributed by atoms with Gasteiger partial charge in [0.25, 0.3) is 5.91 Å². The number of carbonyl (C=O) groups is 2. The fourth-order valence-electron chi connectivity index (χ4n) is 1.82. The van der Waals surface area contributed by atoms with Crippen LogP contribution in [0.15, 0.2) is 54.6 Å². The number of anilines is 1. The van der Waals surface area contributed by atoms with E-state index < -0.39 is 18.5 Å². The highest BCUT2D eigenvalue weighted by molar-refractivity contribution is 6.30. The van der Waals surface area contributed by atoms with Crippen molar-refractivity contribution < 1.29 is 14.3 Å². The molecule has 0 aliphatic rings. The highest BCUT2D eigenvalue weighted by Crippen LogP contribution is 2.12. The van der Waals surface area contributed by atoms with Crippen LogP contribution in [-0.2, 0) is 14.3 Å². The first-order valence-electron chi connectivity index (χ1n) is 6.97. The smallest absolute Gasteiger partial charge is 0.331 e. The van der Waals surface area contributed by atoms with Gasteiger partial charge in [0, 0.05) is 16.8 Å². The van der Waals surface area contributed by atoms with E-state index in [1.807, 2.05) is 6.07 Å². The quantitative estimate of drug-likeness (QED) is 0.668. The molecule has 0 aromatic heterocycles. The first-order chi connectivity index (χ1) is 11.6. The fourth-order valence-corrected chi connectivity index (χ4v) is 2.02. The molecule has 6 heteroatoms. The Morgan fingerprint density at radius 2 is 2.00 bits per heavy atom. The third-order valence-corrected chi connectivity index (χ3v) is 3.12. The van der Waals surface area contributed by atoms with Crippen molar-refractivity contribution in [1.29, 1.82) is 5.26 Å². The SMILES string of the molecule is N#Cc1cccc(NC(=O)COC(=O)/C=C/c2cccc(Cl)c2)c1. The summed E-state index contributed by atoms with van der Waals surface area (Å²) in [6, 6.07) is 15.4. The summed E-state index contributed by atoms with van der Waals surface area (Å²) < 4.78 is 4.85. The van der Waals surface area contributed by atoms with E-state index in [9.17, 15) is 9.59 Å². The van der Waals surface area contributed by atoms with Crippen molar-refractivity contribution in [2.75, 3.05) is 11.9 Å². The third-order valence-electron chi connectivity index (χ3n) is 2.88. The molecule has 1 N–H and O–H groups in total. The Kier molecular flexibility index (Phi) is 6.12. The second-order valence-electron chi connectivity index (χ2n) is 4.74. The first-order valence-corrected chi connectivity index (χ1v) is 7.35. The average molecular weight is 341 g/mol. The number of hydrogen-bond acceptors (Lipinski definition) is 4. The lowest BCUT2D eigenvalue weighted by atomic mass is 10.2. The monoisotopic (exact) mass is 340 g/mol. The summed E-state index contributed by atoms with van der Waals surface area (Å²) in [5.41, 5.74) is 1.64. The van der Waals surface area contributed by atoms with Crippen LogP contribution < -0.4 is 5.32 Å². The maximum absolute atomic E-state index is 11.7. The zero-order valence-corrected chi connectivity index (χ0v) is 13.3. The van der Waals surface area contributed by atoms with Gasteiger partial charge in [0.1, 0.15) is 0 Å². The van der Waals surface area contributed by atoms with Gasteiger partial charge in [-0.05, 0) is 42.0 Å². The Morgan fingerprint density at radius 1 is 1.21 bits per heavy atom. The van der Waals surface area contributed by atoms with E-state index in [0.717, 1.165) is 5.56 Å². The molecule has 0 bridgehead atoms. The van der Waals surface area contributed by atoms with Gasteiger partial charge in [-0.3, -0.25) is 4.79 Å². The molecule has 2 aromatic rings. The van der Waals surface area contributed by atoms with Crippen LogP contribution in [0, 0.1) is 11.3 Å². The van der Waals surface area contributed by atoms with Crippen molar-refractivity contribution in [3.63, 3.8) is 0 Å². The topological polar surface area (TPSA) is 79.2 Å². The number of hydrogen-bond donors (Lipinski definition) is 1. The van der Waals surface area contributed by atoms with Crippen LogP contribution in [0.4, 0.5) is 5.69 Å². The summed E-state index contributed by atoms with van der Waals surface area (Å²) in [4.78, 5) is 23.3. The molecule has 0 radical (unpaired) electrons. The molecule has 24 heavy (non-hydrogen) atoms. The molecule has 0 saturated heterocycles. The predicted molar refractivity (Wildman–Crippen MR) is 91.2 cm³/mol. The lowest BCUT2D eigenvalue weighted by Crippen LogP contribution is -2.20. The summed E-state index contributed by atoms with van der Waals surface area (Å²) in [5, 5.41) is 11.9. The van der Waals surface area contributed by atoms with Gasteiger partial charge in [0.15, 0.2) is 6.61 Å². The molecular formula is C18H13ClN2O3. The Bertz CT molecular complexity index is 825. The first kappa shape index (κ1) is 17.3. The van der Waals surface area contributed by atoms with Gasteiger partial charge >= 0.3 is 5.97 Å². The zero-order valence-electron chi connectivity index (χ0n) is 12.5. The summed E-state index contributed by atoms with van der Waals surface area (Å²) in [5.74, 6) is -1.13. The minimum absolute atomic E-state index is 0.421. The maximum atomic E-state index is 11.7. The van der Waals surface area contributed by atoms with E-state index in [4.69, 9.17) is 21.6 Å². The van der Waals surface area contributed by atoms with Crippen LogP contribution in [0.3, 0.4) is 0 Å². The highest BCUT2D eigenvalue weighted by atomic mass is 35.5. The molecule has 5 nitrogen and oxygen atoms in total. The zero-order chi connectivity index (χ0) is 17.4. The molecule has 0 atom stereocenters. The van der Waals surface area contributed by atoms with Crippen molar-refractivity contribution in [3.8, 4) is 6.07 Å². The van der Waals surface area contributed by atoms with E-state index in [-0.39, 0.29) is 0 Å². The van der Waals surface area contributed by atoms with Crippen LogP contribution >= 0.6 is 11.6 Å².